The zero-order valence-corrected chi connectivity index (χ0v) is 13.2. The second kappa shape index (κ2) is 8.51. The van der Waals surface area contributed by atoms with Crippen LogP contribution in [0, 0.1) is 10.1 Å². The Morgan fingerprint density at radius 2 is 2.12 bits per heavy atom. The fraction of sp³-hybridized carbons (Fsp3) is 0.333. The highest BCUT2D eigenvalue weighted by Gasteiger charge is 2.19. The maximum absolute atomic E-state index is 11.6. The van der Waals surface area contributed by atoms with E-state index in [4.69, 9.17) is 9.47 Å². The van der Waals surface area contributed by atoms with Gasteiger partial charge < -0.3 is 14.8 Å². The Morgan fingerprint density at radius 1 is 1.38 bits per heavy atom. The first-order valence-electron chi connectivity index (χ1n) is 7.30. The molecule has 128 valence electrons. The van der Waals surface area contributed by atoms with Gasteiger partial charge in [-0.25, -0.2) is 4.79 Å². The first kappa shape index (κ1) is 17.3. The Labute approximate surface area is 138 Å². The molecule has 24 heavy (non-hydrogen) atoms. The Kier molecular flexibility index (Phi) is 6.12. The molecule has 0 aliphatic heterocycles. The molecule has 2 aromatic rings. The van der Waals surface area contributed by atoms with Crippen molar-refractivity contribution in [2.24, 2.45) is 0 Å². The van der Waals surface area contributed by atoms with E-state index in [0.717, 1.165) is 5.56 Å². The average molecular weight is 334 g/mol. The van der Waals surface area contributed by atoms with Gasteiger partial charge >= 0.3 is 17.7 Å². The molecule has 1 amide bonds. The van der Waals surface area contributed by atoms with Crippen molar-refractivity contribution in [3.05, 3.63) is 52.2 Å². The minimum atomic E-state index is -0.554. The number of hydrogen-bond donors (Lipinski definition) is 1. The number of amides is 1. The van der Waals surface area contributed by atoms with Crippen molar-refractivity contribution in [2.45, 2.75) is 19.6 Å². The predicted octanol–water partition coefficient (Wildman–Crippen LogP) is 2.12. The summed E-state index contributed by atoms with van der Waals surface area (Å²) in [6, 6.07) is 9.36. The number of carbonyl (C=O) groups is 1. The maximum Gasteiger partial charge on any atom is 0.407 e. The van der Waals surface area contributed by atoms with E-state index >= 15 is 0 Å². The van der Waals surface area contributed by atoms with Crippen LogP contribution in [0.1, 0.15) is 12.0 Å². The van der Waals surface area contributed by atoms with E-state index in [9.17, 15) is 14.9 Å². The molecule has 0 atom stereocenters. The second-order valence-electron chi connectivity index (χ2n) is 4.89. The van der Waals surface area contributed by atoms with Gasteiger partial charge in [0.15, 0.2) is 0 Å². The summed E-state index contributed by atoms with van der Waals surface area (Å²) in [5, 5.41) is 17.4. The molecule has 0 saturated carbocycles. The lowest BCUT2D eigenvalue weighted by Gasteiger charge is -2.07. The van der Waals surface area contributed by atoms with E-state index in [1.807, 2.05) is 30.3 Å². The first-order valence-corrected chi connectivity index (χ1v) is 7.30. The molecule has 0 bridgehead atoms. The van der Waals surface area contributed by atoms with E-state index in [2.05, 4.69) is 10.4 Å². The van der Waals surface area contributed by atoms with Crippen LogP contribution in [-0.4, -0.2) is 34.5 Å². The van der Waals surface area contributed by atoms with Crippen molar-refractivity contribution in [1.82, 2.24) is 15.1 Å². The van der Waals surface area contributed by atoms with Gasteiger partial charge in [0.05, 0.1) is 12.0 Å². The molecule has 0 radical (unpaired) electrons. The van der Waals surface area contributed by atoms with Gasteiger partial charge in [0.2, 0.25) is 0 Å². The van der Waals surface area contributed by atoms with E-state index in [1.165, 1.54) is 18.0 Å². The van der Waals surface area contributed by atoms with Gasteiger partial charge in [0.1, 0.15) is 12.8 Å². The Hall–Kier alpha value is -3.10. The minimum Gasteiger partial charge on any atom is -0.475 e. The fourth-order valence-corrected chi connectivity index (χ4v) is 1.98. The van der Waals surface area contributed by atoms with Gasteiger partial charge in [-0.2, -0.15) is 0 Å². The number of nitrogens with zero attached hydrogens (tertiary/aromatic N) is 3. The number of alkyl carbamates (subject to hydrolysis) is 1. The Bertz CT molecular complexity index is 686. The number of methoxy groups -OCH3 is 1. The number of rotatable bonds is 8. The zero-order valence-electron chi connectivity index (χ0n) is 13.2. The highest BCUT2D eigenvalue weighted by atomic mass is 16.6. The summed E-state index contributed by atoms with van der Waals surface area (Å²) >= 11 is 0. The molecule has 0 unspecified atom stereocenters. The third kappa shape index (κ3) is 4.97. The molecule has 0 saturated heterocycles. The number of benzene rings is 1. The molecule has 1 N–H and O–H groups in total. The highest BCUT2D eigenvalue weighted by molar-refractivity contribution is 5.67. The van der Waals surface area contributed by atoms with Crippen molar-refractivity contribution in [1.29, 1.82) is 0 Å². The highest BCUT2D eigenvalue weighted by Crippen LogP contribution is 2.23. The standard InChI is InChI=1S/C15H18N4O5/c1-23-14-13(19(21)22)10-18(17-14)9-5-8-16-15(20)24-11-12-6-3-2-4-7-12/h2-4,6-7,10H,5,8-9,11H2,1H3,(H,16,20). The van der Waals surface area contributed by atoms with Crippen LogP contribution >= 0.6 is 0 Å². The van der Waals surface area contributed by atoms with E-state index in [-0.39, 0.29) is 18.2 Å². The third-order valence-corrected chi connectivity index (χ3v) is 3.15. The van der Waals surface area contributed by atoms with E-state index < -0.39 is 11.0 Å². The largest absolute Gasteiger partial charge is 0.475 e. The van der Waals surface area contributed by atoms with Crippen LogP contribution in [0.25, 0.3) is 0 Å². The zero-order chi connectivity index (χ0) is 17.4. The van der Waals surface area contributed by atoms with Gasteiger partial charge in [-0.3, -0.25) is 14.8 Å². The molecular formula is C15H18N4O5. The molecule has 1 aromatic heterocycles. The summed E-state index contributed by atoms with van der Waals surface area (Å²) in [5.74, 6) is -0.0322. The average Bonchev–Trinajstić information content (AvgIpc) is 3.01. The molecule has 9 heteroatoms. The van der Waals surface area contributed by atoms with Crippen molar-refractivity contribution in [3.8, 4) is 5.88 Å². The van der Waals surface area contributed by atoms with Gasteiger partial charge in [0, 0.05) is 13.1 Å². The Morgan fingerprint density at radius 3 is 2.75 bits per heavy atom. The van der Waals surface area contributed by atoms with Crippen LogP contribution in [0.4, 0.5) is 10.5 Å². The predicted molar refractivity (Wildman–Crippen MR) is 84.7 cm³/mol. The molecule has 0 aliphatic carbocycles. The fourth-order valence-electron chi connectivity index (χ4n) is 1.98. The van der Waals surface area contributed by atoms with Gasteiger partial charge in [-0.15, -0.1) is 5.10 Å². The number of aryl methyl sites for hydroxylation is 1. The Balaban J connectivity index is 1.69. The van der Waals surface area contributed by atoms with E-state index in [0.29, 0.717) is 19.5 Å². The molecular weight excluding hydrogens is 316 g/mol. The summed E-state index contributed by atoms with van der Waals surface area (Å²) in [6.45, 7) is 0.974. The monoisotopic (exact) mass is 334 g/mol. The second-order valence-corrected chi connectivity index (χ2v) is 4.89. The maximum atomic E-state index is 11.6. The number of nitrogens with one attached hydrogen (secondary N) is 1. The molecule has 1 aromatic carbocycles. The lowest BCUT2D eigenvalue weighted by Crippen LogP contribution is -2.26. The van der Waals surface area contributed by atoms with Crippen LogP contribution in [0.15, 0.2) is 36.5 Å². The number of carbonyl (C=O) groups excluding carboxylic acids is 1. The van der Waals surface area contributed by atoms with Gasteiger partial charge in [-0.1, -0.05) is 30.3 Å². The summed E-state index contributed by atoms with van der Waals surface area (Å²) in [4.78, 5) is 21.8. The SMILES string of the molecule is COc1nn(CCCNC(=O)OCc2ccccc2)cc1[N+](=O)[O-]. The summed E-state index contributed by atoms with van der Waals surface area (Å²) in [7, 11) is 1.32. The summed E-state index contributed by atoms with van der Waals surface area (Å²) in [6.07, 6.45) is 1.33. The van der Waals surface area contributed by atoms with Crippen LogP contribution < -0.4 is 10.1 Å². The molecule has 0 fully saturated rings. The van der Waals surface area contributed by atoms with Gasteiger partial charge in [0.25, 0.3) is 0 Å². The normalized spacial score (nSPS) is 10.2. The molecule has 2 rings (SSSR count). The van der Waals surface area contributed by atoms with E-state index in [1.54, 1.807) is 0 Å². The van der Waals surface area contributed by atoms with Crippen molar-refractivity contribution in [2.75, 3.05) is 13.7 Å². The van der Waals surface area contributed by atoms with Crippen LogP contribution in [0.5, 0.6) is 5.88 Å². The number of ether oxygens (including phenoxy) is 2. The number of hydrogen-bond acceptors (Lipinski definition) is 6. The topological polar surface area (TPSA) is 109 Å². The van der Waals surface area contributed by atoms with Crippen LogP contribution in [0.3, 0.4) is 0 Å². The lowest BCUT2D eigenvalue weighted by molar-refractivity contribution is -0.385. The quantitative estimate of drug-likeness (QED) is 0.450. The number of nitro groups is 1. The molecule has 0 spiro atoms. The lowest BCUT2D eigenvalue weighted by atomic mass is 10.2. The number of aromatic nitrogens is 2. The third-order valence-electron chi connectivity index (χ3n) is 3.15. The smallest absolute Gasteiger partial charge is 0.407 e. The van der Waals surface area contributed by atoms with Crippen molar-refractivity contribution in [3.63, 3.8) is 0 Å². The first-order chi connectivity index (χ1) is 11.6. The van der Waals surface area contributed by atoms with Crippen molar-refractivity contribution < 1.29 is 19.2 Å². The molecule has 9 nitrogen and oxygen atoms in total. The van der Waals surface area contributed by atoms with Gasteiger partial charge in [-0.05, 0) is 12.0 Å². The molecule has 1 heterocycles. The van der Waals surface area contributed by atoms with Crippen LogP contribution in [0.2, 0.25) is 0 Å². The minimum absolute atomic E-state index is 0.0322. The summed E-state index contributed by atoms with van der Waals surface area (Å²) in [5.41, 5.74) is 0.719. The van der Waals surface area contributed by atoms with Crippen molar-refractivity contribution >= 4 is 11.8 Å². The van der Waals surface area contributed by atoms with Crippen LogP contribution in [-0.2, 0) is 17.9 Å². The molecule has 0 aliphatic rings. The summed E-state index contributed by atoms with van der Waals surface area (Å²) < 4.78 is 11.3.